The molecule has 1 aliphatic heterocycles. The fraction of sp³-hybridized carbons (Fsp3) is 0.750. The molecule has 1 atom stereocenters. The number of thiazole rings is 1. The average molecular weight is 325 g/mol. The van der Waals surface area contributed by atoms with Crippen LogP contribution in [0.1, 0.15) is 45.7 Å². The van der Waals surface area contributed by atoms with E-state index in [9.17, 15) is 4.79 Å². The molecule has 0 spiro atoms. The van der Waals surface area contributed by atoms with E-state index in [4.69, 9.17) is 4.74 Å². The smallest absolute Gasteiger partial charge is 0.240 e. The molecule has 22 heavy (non-hydrogen) atoms. The van der Waals surface area contributed by atoms with E-state index in [2.05, 4.69) is 31.1 Å². The summed E-state index contributed by atoms with van der Waals surface area (Å²) >= 11 is 1.48. The van der Waals surface area contributed by atoms with E-state index in [0.717, 1.165) is 31.7 Å². The topological polar surface area (TPSA) is 54.5 Å². The number of amides is 1. The molecule has 0 aromatic carbocycles. The molecule has 1 N–H and O–H groups in total. The third kappa shape index (κ3) is 5.34. The first-order chi connectivity index (χ1) is 10.3. The molecule has 0 bridgehead atoms. The lowest BCUT2D eigenvalue weighted by Crippen LogP contribution is -2.37. The van der Waals surface area contributed by atoms with Crippen molar-refractivity contribution in [3.8, 4) is 0 Å². The summed E-state index contributed by atoms with van der Waals surface area (Å²) in [4.78, 5) is 18.6. The number of carbonyl (C=O) groups excluding carboxylic acids is 1. The van der Waals surface area contributed by atoms with E-state index in [1.165, 1.54) is 17.8 Å². The number of anilines is 1. The van der Waals surface area contributed by atoms with Crippen molar-refractivity contribution in [3.63, 3.8) is 0 Å². The van der Waals surface area contributed by atoms with Gasteiger partial charge >= 0.3 is 0 Å². The lowest BCUT2D eigenvalue weighted by Gasteiger charge is -2.26. The van der Waals surface area contributed by atoms with Gasteiger partial charge in [0.1, 0.15) is 0 Å². The average Bonchev–Trinajstić information content (AvgIpc) is 2.87. The van der Waals surface area contributed by atoms with E-state index >= 15 is 0 Å². The number of likely N-dealkylation sites (N-methyl/N-ethyl adjacent to an activating group) is 1. The third-order valence-electron chi connectivity index (χ3n) is 3.72. The second kappa shape index (κ2) is 7.53. The van der Waals surface area contributed by atoms with Crippen LogP contribution >= 0.6 is 11.3 Å². The minimum Gasteiger partial charge on any atom is -0.377 e. The number of hydrogen-bond acceptors (Lipinski definition) is 5. The van der Waals surface area contributed by atoms with Gasteiger partial charge in [0.25, 0.3) is 0 Å². The highest BCUT2D eigenvalue weighted by atomic mass is 32.1. The predicted molar refractivity (Wildman–Crippen MR) is 90.5 cm³/mol. The molecule has 1 saturated heterocycles. The quantitative estimate of drug-likeness (QED) is 0.904. The fourth-order valence-corrected chi connectivity index (χ4v) is 3.40. The molecule has 1 fully saturated rings. The van der Waals surface area contributed by atoms with Crippen molar-refractivity contribution in [1.82, 2.24) is 9.88 Å². The Morgan fingerprint density at radius 2 is 2.27 bits per heavy atom. The summed E-state index contributed by atoms with van der Waals surface area (Å²) in [5.41, 5.74) is 1.02. The van der Waals surface area contributed by atoms with E-state index in [-0.39, 0.29) is 17.4 Å². The molecule has 5 nitrogen and oxygen atoms in total. The number of nitrogens with one attached hydrogen (secondary N) is 1. The van der Waals surface area contributed by atoms with Crippen molar-refractivity contribution in [1.29, 1.82) is 0 Å². The maximum absolute atomic E-state index is 12.1. The standard InChI is InChI=1S/C16H27N3O2S/c1-16(2,3)13-11-22-15(17-13)18-14(20)10-19(4)9-12-7-5-6-8-21-12/h11-12H,5-10H2,1-4H3,(H,17,18,20)/t12-/m1/s1. The highest BCUT2D eigenvalue weighted by molar-refractivity contribution is 7.13. The summed E-state index contributed by atoms with van der Waals surface area (Å²) in [6, 6.07) is 0. The van der Waals surface area contributed by atoms with E-state index in [1.54, 1.807) is 0 Å². The summed E-state index contributed by atoms with van der Waals surface area (Å²) in [5, 5.41) is 5.58. The van der Waals surface area contributed by atoms with Crippen LogP contribution < -0.4 is 5.32 Å². The van der Waals surface area contributed by atoms with Gasteiger partial charge in [0, 0.05) is 23.9 Å². The van der Waals surface area contributed by atoms with Crippen molar-refractivity contribution in [3.05, 3.63) is 11.1 Å². The second-order valence-electron chi connectivity index (χ2n) is 7.02. The zero-order valence-electron chi connectivity index (χ0n) is 14.0. The van der Waals surface area contributed by atoms with Gasteiger partial charge in [-0.05, 0) is 26.3 Å². The summed E-state index contributed by atoms with van der Waals surface area (Å²) in [5.74, 6) is -0.0203. The van der Waals surface area contributed by atoms with Gasteiger partial charge in [-0.3, -0.25) is 9.69 Å². The zero-order valence-corrected chi connectivity index (χ0v) is 14.8. The maximum Gasteiger partial charge on any atom is 0.240 e. The number of rotatable bonds is 5. The summed E-state index contributed by atoms with van der Waals surface area (Å²) in [6.45, 7) is 8.37. The predicted octanol–water partition coefficient (Wildman–Crippen LogP) is 2.88. The van der Waals surface area contributed by atoms with E-state index in [0.29, 0.717) is 11.7 Å². The Kier molecular flexibility index (Phi) is 5.94. The Bertz CT molecular complexity index is 490. The number of carbonyl (C=O) groups is 1. The fourth-order valence-electron chi connectivity index (χ4n) is 2.44. The summed E-state index contributed by atoms with van der Waals surface area (Å²) in [7, 11) is 1.96. The van der Waals surface area contributed by atoms with Crippen LogP contribution in [0.3, 0.4) is 0 Å². The lowest BCUT2D eigenvalue weighted by atomic mass is 9.93. The van der Waals surface area contributed by atoms with Crippen LogP contribution in [0.15, 0.2) is 5.38 Å². The Hall–Kier alpha value is -0.980. The minimum atomic E-state index is -0.0203. The molecule has 1 amide bonds. The van der Waals surface area contributed by atoms with Gasteiger partial charge in [-0.15, -0.1) is 11.3 Å². The summed E-state index contributed by atoms with van der Waals surface area (Å²) in [6.07, 6.45) is 3.73. The Labute approximate surface area is 137 Å². The van der Waals surface area contributed by atoms with Crippen molar-refractivity contribution in [2.24, 2.45) is 0 Å². The van der Waals surface area contributed by atoms with Crippen LogP contribution in [0.5, 0.6) is 0 Å². The van der Waals surface area contributed by atoms with Gasteiger partial charge in [0.15, 0.2) is 5.13 Å². The van der Waals surface area contributed by atoms with Gasteiger partial charge in [0.2, 0.25) is 5.91 Å². The van der Waals surface area contributed by atoms with Gasteiger partial charge in [-0.25, -0.2) is 4.98 Å². The molecule has 1 aromatic heterocycles. The van der Waals surface area contributed by atoms with Gasteiger partial charge in [-0.1, -0.05) is 20.8 Å². The Morgan fingerprint density at radius 3 is 2.86 bits per heavy atom. The maximum atomic E-state index is 12.1. The van der Waals surface area contributed by atoms with Crippen LogP contribution in [0, 0.1) is 0 Å². The van der Waals surface area contributed by atoms with E-state index in [1.807, 2.05) is 17.3 Å². The SMILES string of the molecule is CN(CC(=O)Nc1nc(C(C)(C)C)cs1)C[C@H]1CCCCO1. The largest absolute Gasteiger partial charge is 0.377 e. The highest BCUT2D eigenvalue weighted by Gasteiger charge is 2.20. The Morgan fingerprint density at radius 1 is 1.50 bits per heavy atom. The molecule has 0 saturated carbocycles. The molecule has 0 radical (unpaired) electrons. The second-order valence-corrected chi connectivity index (χ2v) is 7.88. The van der Waals surface area contributed by atoms with Crippen molar-refractivity contribution in [2.75, 3.05) is 32.1 Å². The van der Waals surface area contributed by atoms with Crippen LogP contribution in [-0.4, -0.2) is 48.6 Å². The zero-order chi connectivity index (χ0) is 16.2. The molecule has 0 unspecified atom stereocenters. The van der Waals surface area contributed by atoms with Crippen LogP contribution in [0.4, 0.5) is 5.13 Å². The molecule has 1 aliphatic rings. The van der Waals surface area contributed by atoms with Gasteiger partial charge in [-0.2, -0.15) is 0 Å². The normalized spacial score (nSPS) is 19.4. The third-order valence-corrected chi connectivity index (χ3v) is 4.48. The summed E-state index contributed by atoms with van der Waals surface area (Å²) < 4.78 is 5.71. The first kappa shape index (κ1) is 17.4. The molecule has 6 heteroatoms. The van der Waals surface area contributed by atoms with Gasteiger partial charge in [0.05, 0.1) is 18.3 Å². The molecule has 124 valence electrons. The molecule has 0 aliphatic carbocycles. The molecule has 1 aromatic rings. The number of hydrogen-bond donors (Lipinski definition) is 1. The highest BCUT2D eigenvalue weighted by Crippen LogP contribution is 2.26. The van der Waals surface area contributed by atoms with Crippen molar-refractivity contribution >= 4 is 22.4 Å². The van der Waals surface area contributed by atoms with Crippen molar-refractivity contribution < 1.29 is 9.53 Å². The first-order valence-electron chi connectivity index (χ1n) is 7.90. The molecule has 2 heterocycles. The monoisotopic (exact) mass is 325 g/mol. The molecular formula is C16H27N3O2S. The minimum absolute atomic E-state index is 0.00852. The van der Waals surface area contributed by atoms with Crippen LogP contribution in [0.25, 0.3) is 0 Å². The Balaban J connectivity index is 1.78. The van der Waals surface area contributed by atoms with Crippen molar-refractivity contribution in [2.45, 2.75) is 51.6 Å². The molecule has 2 rings (SSSR count). The van der Waals surface area contributed by atoms with Crippen LogP contribution in [-0.2, 0) is 14.9 Å². The number of nitrogens with zero attached hydrogens (tertiary/aromatic N) is 2. The first-order valence-corrected chi connectivity index (χ1v) is 8.78. The lowest BCUT2D eigenvalue weighted by molar-refractivity contribution is -0.117. The van der Waals surface area contributed by atoms with E-state index < -0.39 is 0 Å². The number of ether oxygens (including phenoxy) is 1. The number of aromatic nitrogens is 1. The van der Waals surface area contributed by atoms with Crippen LogP contribution in [0.2, 0.25) is 0 Å². The van der Waals surface area contributed by atoms with Gasteiger partial charge < -0.3 is 10.1 Å². The molecular weight excluding hydrogens is 298 g/mol.